The zero-order valence-corrected chi connectivity index (χ0v) is 16.3. The number of amides is 1. The predicted octanol–water partition coefficient (Wildman–Crippen LogP) is 3.74. The van der Waals surface area contributed by atoms with Gasteiger partial charge in [0.15, 0.2) is 12.7 Å². The van der Waals surface area contributed by atoms with Gasteiger partial charge in [0.1, 0.15) is 5.75 Å². The summed E-state index contributed by atoms with van der Waals surface area (Å²) in [6, 6.07) is 6.73. The van der Waals surface area contributed by atoms with Crippen molar-refractivity contribution in [3.05, 3.63) is 29.3 Å². The highest BCUT2D eigenvalue weighted by Gasteiger charge is 2.51. The Hall–Kier alpha value is -1.75. The first-order valence-corrected chi connectivity index (χ1v) is 10.2. The number of esters is 1. The number of carbonyl (C=O) groups is 2. The van der Waals surface area contributed by atoms with Crippen molar-refractivity contribution in [3.8, 4) is 5.75 Å². The van der Waals surface area contributed by atoms with Crippen molar-refractivity contribution in [1.82, 2.24) is 5.32 Å². The summed E-state index contributed by atoms with van der Waals surface area (Å²) >= 11 is 5.81. The second-order valence-corrected chi connectivity index (χ2v) is 9.00. The van der Waals surface area contributed by atoms with Crippen LogP contribution in [0.1, 0.15) is 45.4 Å². The summed E-state index contributed by atoms with van der Waals surface area (Å²) in [6.07, 6.45) is 6.37. The second kappa shape index (κ2) is 7.34. The Morgan fingerprint density at radius 3 is 2.22 bits per heavy atom. The number of rotatable bonds is 6. The first kappa shape index (κ1) is 18.6. The number of carbonyl (C=O) groups excluding carboxylic acids is 2. The first-order valence-electron chi connectivity index (χ1n) is 9.81. The first-order chi connectivity index (χ1) is 12.9. The van der Waals surface area contributed by atoms with Crippen molar-refractivity contribution in [2.75, 3.05) is 6.61 Å². The van der Waals surface area contributed by atoms with Gasteiger partial charge in [-0.2, -0.15) is 0 Å². The van der Waals surface area contributed by atoms with E-state index in [1.807, 2.05) is 0 Å². The summed E-state index contributed by atoms with van der Waals surface area (Å²) in [5.74, 6) is 2.03. The summed E-state index contributed by atoms with van der Waals surface area (Å²) in [6.45, 7) is 1.38. The molecule has 4 aliphatic carbocycles. The van der Waals surface area contributed by atoms with Crippen molar-refractivity contribution in [2.45, 2.75) is 57.1 Å². The average molecular weight is 392 g/mol. The Kier molecular flexibility index (Phi) is 5.06. The molecule has 0 radical (unpaired) electrons. The molecule has 0 unspecified atom stereocenters. The van der Waals surface area contributed by atoms with Gasteiger partial charge in [-0.1, -0.05) is 11.6 Å². The number of benzene rings is 1. The largest absolute Gasteiger partial charge is 0.482 e. The van der Waals surface area contributed by atoms with Gasteiger partial charge in [-0.05, 0) is 87.5 Å². The molecule has 1 atom stereocenters. The molecule has 0 spiro atoms. The lowest BCUT2D eigenvalue weighted by Gasteiger charge is -2.57. The van der Waals surface area contributed by atoms with Gasteiger partial charge in [-0.3, -0.25) is 4.79 Å². The molecule has 0 saturated heterocycles. The van der Waals surface area contributed by atoms with Crippen molar-refractivity contribution in [1.29, 1.82) is 0 Å². The maximum Gasteiger partial charge on any atom is 0.344 e. The van der Waals surface area contributed by atoms with Crippen LogP contribution in [0.15, 0.2) is 24.3 Å². The number of hydrogen-bond acceptors (Lipinski definition) is 4. The van der Waals surface area contributed by atoms with Gasteiger partial charge >= 0.3 is 5.97 Å². The summed E-state index contributed by atoms with van der Waals surface area (Å²) in [5, 5.41) is 3.84. The third-order valence-corrected chi connectivity index (χ3v) is 6.53. The van der Waals surface area contributed by atoms with E-state index in [1.165, 1.54) is 19.3 Å². The fraction of sp³-hybridized carbons (Fsp3) is 0.619. The molecule has 6 heteroatoms. The number of halogens is 1. The van der Waals surface area contributed by atoms with Crippen LogP contribution in [-0.4, -0.2) is 30.1 Å². The van der Waals surface area contributed by atoms with Gasteiger partial charge < -0.3 is 14.8 Å². The van der Waals surface area contributed by atoms with E-state index in [0.29, 0.717) is 10.8 Å². The SMILES string of the molecule is C[C@@H](OC(=O)COc1ccc(Cl)cc1)C(=O)NC12CC3CC(CC(C3)C1)C2. The average Bonchev–Trinajstić information content (AvgIpc) is 2.59. The molecular weight excluding hydrogens is 366 g/mol. The molecular formula is C21H26ClNO4. The second-order valence-electron chi connectivity index (χ2n) is 8.56. The van der Waals surface area contributed by atoms with Gasteiger partial charge in [0, 0.05) is 10.6 Å². The van der Waals surface area contributed by atoms with Crippen LogP contribution in [0.2, 0.25) is 5.02 Å². The van der Waals surface area contributed by atoms with E-state index in [-0.39, 0.29) is 18.1 Å². The van der Waals surface area contributed by atoms with Gasteiger partial charge in [-0.25, -0.2) is 4.79 Å². The van der Waals surface area contributed by atoms with Gasteiger partial charge in [0.05, 0.1) is 0 Å². The molecule has 1 aromatic rings. The Morgan fingerprint density at radius 1 is 1.11 bits per heavy atom. The molecule has 1 N–H and O–H groups in total. The van der Waals surface area contributed by atoms with Gasteiger partial charge in [0.25, 0.3) is 5.91 Å². The van der Waals surface area contributed by atoms with E-state index < -0.39 is 12.1 Å². The molecule has 0 heterocycles. The lowest BCUT2D eigenvalue weighted by atomic mass is 9.53. The molecule has 1 aromatic carbocycles. The molecule has 5 nitrogen and oxygen atoms in total. The minimum absolute atomic E-state index is 0.0771. The molecule has 0 aliphatic heterocycles. The van der Waals surface area contributed by atoms with Crippen LogP contribution in [0, 0.1) is 17.8 Å². The summed E-state index contributed by atoms with van der Waals surface area (Å²) in [7, 11) is 0. The molecule has 4 bridgehead atoms. The van der Waals surface area contributed by atoms with Crippen LogP contribution < -0.4 is 10.1 Å². The number of hydrogen-bond donors (Lipinski definition) is 1. The van der Waals surface area contributed by atoms with E-state index in [0.717, 1.165) is 37.0 Å². The van der Waals surface area contributed by atoms with E-state index in [9.17, 15) is 9.59 Å². The molecule has 4 aliphatic rings. The van der Waals surface area contributed by atoms with Gasteiger partial charge in [0.2, 0.25) is 0 Å². The highest BCUT2D eigenvalue weighted by molar-refractivity contribution is 6.30. The fourth-order valence-corrected chi connectivity index (χ4v) is 5.71. The minimum atomic E-state index is -0.820. The van der Waals surface area contributed by atoms with Crippen LogP contribution in [0.25, 0.3) is 0 Å². The van der Waals surface area contributed by atoms with Crippen LogP contribution >= 0.6 is 11.6 Å². The Balaban J connectivity index is 1.26. The van der Waals surface area contributed by atoms with Crippen LogP contribution in [0.5, 0.6) is 5.75 Å². The highest BCUT2D eigenvalue weighted by Crippen LogP contribution is 2.55. The van der Waals surface area contributed by atoms with Crippen LogP contribution in [0.3, 0.4) is 0 Å². The predicted molar refractivity (Wildman–Crippen MR) is 102 cm³/mol. The van der Waals surface area contributed by atoms with E-state index in [4.69, 9.17) is 21.1 Å². The summed E-state index contributed by atoms with van der Waals surface area (Å²) in [4.78, 5) is 24.6. The maximum atomic E-state index is 12.6. The fourth-order valence-electron chi connectivity index (χ4n) is 5.58. The molecule has 146 valence electrons. The lowest BCUT2D eigenvalue weighted by molar-refractivity contribution is -0.158. The molecule has 1 amide bonds. The molecule has 0 aromatic heterocycles. The monoisotopic (exact) mass is 391 g/mol. The summed E-state index contributed by atoms with van der Waals surface area (Å²) in [5.41, 5.74) is -0.0771. The molecule has 4 fully saturated rings. The zero-order chi connectivity index (χ0) is 19.0. The molecule has 27 heavy (non-hydrogen) atoms. The van der Waals surface area contributed by atoms with Crippen molar-refractivity contribution in [2.24, 2.45) is 17.8 Å². The Morgan fingerprint density at radius 2 is 1.67 bits per heavy atom. The highest BCUT2D eigenvalue weighted by atomic mass is 35.5. The Labute approximate surface area is 164 Å². The van der Waals surface area contributed by atoms with Crippen molar-refractivity contribution >= 4 is 23.5 Å². The number of nitrogens with one attached hydrogen (secondary N) is 1. The smallest absolute Gasteiger partial charge is 0.344 e. The molecule has 4 saturated carbocycles. The summed E-state index contributed by atoms with van der Waals surface area (Å²) < 4.78 is 10.6. The lowest BCUT2D eigenvalue weighted by Crippen LogP contribution is -2.61. The third kappa shape index (κ3) is 4.23. The number of ether oxygens (including phenoxy) is 2. The quantitative estimate of drug-likeness (QED) is 0.750. The Bertz CT molecular complexity index is 682. The van der Waals surface area contributed by atoms with E-state index in [1.54, 1.807) is 31.2 Å². The van der Waals surface area contributed by atoms with Gasteiger partial charge in [-0.15, -0.1) is 0 Å². The minimum Gasteiger partial charge on any atom is -0.482 e. The zero-order valence-electron chi connectivity index (χ0n) is 15.6. The normalized spacial score (nSPS) is 32.0. The van der Waals surface area contributed by atoms with Crippen LogP contribution in [0.4, 0.5) is 0 Å². The van der Waals surface area contributed by atoms with Crippen LogP contribution in [-0.2, 0) is 14.3 Å². The van der Waals surface area contributed by atoms with Crippen molar-refractivity contribution in [3.63, 3.8) is 0 Å². The standard InChI is InChI=1S/C21H26ClNO4/c1-13(27-19(24)12-26-18-4-2-17(22)3-5-18)20(25)23-21-9-14-6-15(10-21)8-16(7-14)11-21/h2-5,13-16H,6-12H2,1H3,(H,23,25)/t13-,14?,15?,16?,21?/m1/s1. The van der Waals surface area contributed by atoms with E-state index in [2.05, 4.69) is 5.32 Å². The maximum absolute atomic E-state index is 12.6. The van der Waals surface area contributed by atoms with Crippen molar-refractivity contribution < 1.29 is 19.1 Å². The third-order valence-electron chi connectivity index (χ3n) is 6.27. The van der Waals surface area contributed by atoms with E-state index >= 15 is 0 Å². The topological polar surface area (TPSA) is 64.6 Å². The molecule has 5 rings (SSSR count).